The Morgan fingerprint density at radius 2 is 2.05 bits per heavy atom. The zero-order chi connectivity index (χ0) is 14.6. The van der Waals surface area contributed by atoms with Gasteiger partial charge in [-0.3, -0.25) is 4.98 Å². The number of aromatic nitrogens is 2. The number of anilines is 1. The van der Waals surface area contributed by atoms with Crippen molar-refractivity contribution < 1.29 is 8.42 Å². The maximum Gasteiger partial charge on any atom is 0.242 e. The van der Waals surface area contributed by atoms with Crippen LogP contribution in [0.5, 0.6) is 0 Å². The molecule has 8 heteroatoms. The summed E-state index contributed by atoms with van der Waals surface area (Å²) in [6.07, 6.45) is 2.86. The van der Waals surface area contributed by atoms with Crippen LogP contribution in [-0.4, -0.2) is 18.4 Å². The summed E-state index contributed by atoms with van der Waals surface area (Å²) >= 11 is 0. The lowest BCUT2D eigenvalue weighted by atomic mass is 10.2. The number of hydrogen-bond donors (Lipinski definition) is 3. The molecular formula is C12H15N5O2S. The molecule has 0 bridgehead atoms. The number of nitrogens with two attached hydrogens (primary N) is 1. The molecule has 7 nitrogen and oxygen atoms in total. The van der Waals surface area contributed by atoms with Crippen LogP contribution in [0.3, 0.4) is 0 Å². The van der Waals surface area contributed by atoms with E-state index in [9.17, 15) is 8.42 Å². The van der Waals surface area contributed by atoms with Gasteiger partial charge in [0.2, 0.25) is 10.0 Å². The number of nitrogens with one attached hydrogen (secondary N) is 2. The summed E-state index contributed by atoms with van der Waals surface area (Å²) in [4.78, 5) is 8.07. The van der Waals surface area contributed by atoms with E-state index in [1.165, 1.54) is 18.3 Å². The monoisotopic (exact) mass is 293 g/mol. The minimum atomic E-state index is -3.62. The fraction of sp³-hybridized carbons (Fsp3) is 0.167. The van der Waals surface area contributed by atoms with E-state index >= 15 is 0 Å². The van der Waals surface area contributed by atoms with Crippen LogP contribution in [0.1, 0.15) is 11.3 Å². The third-order valence-electron chi connectivity index (χ3n) is 2.74. The molecule has 2 heterocycles. The van der Waals surface area contributed by atoms with E-state index in [1.807, 2.05) is 13.0 Å². The van der Waals surface area contributed by atoms with Crippen molar-refractivity contribution in [2.75, 3.05) is 5.43 Å². The SMILES string of the molecule is Cc1cccnc1CNS(=O)(=O)c1ccc(NN)nc1. The van der Waals surface area contributed by atoms with Crippen LogP contribution < -0.4 is 16.0 Å². The van der Waals surface area contributed by atoms with Crippen LogP contribution in [-0.2, 0) is 16.6 Å². The van der Waals surface area contributed by atoms with E-state index in [1.54, 1.807) is 12.3 Å². The van der Waals surface area contributed by atoms with Gasteiger partial charge in [-0.1, -0.05) is 6.07 Å². The van der Waals surface area contributed by atoms with Crippen molar-refractivity contribution in [1.82, 2.24) is 14.7 Å². The molecular weight excluding hydrogens is 278 g/mol. The second-order valence-electron chi connectivity index (χ2n) is 4.12. The number of nitrogen functional groups attached to an aromatic ring is 1. The van der Waals surface area contributed by atoms with Crippen molar-refractivity contribution >= 4 is 15.8 Å². The average Bonchev–Trinajstić information content (AvgIpc) is 2.46. The molecule has 0 spiro atoms. The number of sulfonamides is 1. The highest BCUT2D eigenvalue weighted by Crippen LogP contribution is 2.11. The fourth-order valence-corrected chi connectivity index (χ4v) is 2.51. The molecule has 20 heavy (non-hydrogen) atoms. The van der Waals surface area contributed by atoms with Crippen molar-refractivity contribution in [3.63, 3.8) is 0 Å². The lowest BCUT2D eigenvalue weighted by Crippen LogP contribution is -2.24. The Bertz CT molecular complexity index is 685. The van der Waals surface area contributed by atoms with Crippen LogP contribution in [0, 0.1) is 6.92 Å². The quantitative estimate of drug-likeness (QED) is 0.548. The van der Waals surface area contributed by atoms with Gasteiger partial charge >= 0.3 is 0 Å². The van der Waals surface area contributed by atoms with E-state index in [0.29, 0.717) is 11.5 Å². The summed E-state index contributed by atoms with van der Waals surface area (Å²) in [5.41, 5.74) is 3.95. The molecule has 2 aromatic rings. The number of pyridine rings is 2. The Morgan fingerprint density at radius 1 is 1.25 bits per heavy atom. The van der Waals surface area contributed by atoms with E-state index in [0.717, 1.165) is 5.56 Å². The van der Waals surface area contributed by atoms with Gasteiger partial charge in [0.15, 0.2) is 0 Å². The summed E-state index contributed by atoms with van der Waals surface area (Å²) in [6.45, 7) is 2.01. The number of rotatable bonds is 5. The first-order chi connectivity index (χ1) is 9.53. The molecule has 0 aliphatic heterocycles. The molecule has 0 fully saturated rings. The molecule has 2 rings (SSSR count). The molecule has 0 saturated carbocycles. The third-order valence-corrected chi connectivity index (χ3v) is 4.13. The molecule has 4 N–H and O–H groups in total. The Morgan fingerprint density at radius 3 is 2.65 bits per heavy atom. The van der Waals surface area contributed by atoms with E-state index < -0.39 is 10.0 Å². The Hall–Kier alpha value is -2.03. The van der Waals surface area contributed by atoms with Crippen molar-refractivity contribution in [3.8, 4) is 0 Å². The fourth-order valence-electron chi connectivity index (χ4n) is 1.57. The molecule has 2 aromatic heterocycles. The first kappa shape index (κ1) is 14.4. The average molecular weight is 293 g/mol. The highest BCUT2D eigenvalue weighted by molar-refractivity contribution is 7.89. The molecule has 0 amide bonds. The van der Waals surface area contributed by atoms with Gasteiger partial charge < -0.3 is 5.43 Å². The molecule has 0 aromatic carbocycles. The maximum atomic E-state index is 12.1. The summed E-state index contributed by atoms with van der Waals surface area (Å²) in [5.74, 6) is 5.57. The van der Waals surface area contributed by atoms with Crippen molar-refractivity contribution in [2.45, 2.75) is 18.4 Å². The Balaban J connectivity index is 2.13. The number of aryl methyl sites for hydroxylation is 1. The number of hydrazine groups is 1. The Kier molecular flexibility index (Phi) is 4.28. The van der Waals surface area contributed by atoms with Crippen molar-refractivity contribution in [3.05, 3.63) is 47.9 Å². The second-order valence-corrected chi connectivity index (χ2v) is 5.88. The molecule has 0 aliphatic carbocycles. The molecule has 0 radical (unpaired) electrons. The largest absolute Gasteiger partial charge is 0.308 e. The van der Waals surface area contributed by atoms with Crippen LogP contribution in [0.4, 0.5) is 5.82 Å². The van der Waals surface area contributed by atoms with Crippen LogP contribution in [0.25, 0.3) is 0 Å². The summed E-state index contributed by atoms with van der Waals surface area (Å²) in [5, 5.41) is 0. The Labute approximate surface area is 117 Å². The first-order valence-electron chi connectivity index (χ1n) is 5.86. The highest BCUT2D eigenvalue weighted by atomic mass is 32.2. The standard InChI is InChI=1S/C12H15N5O2S/c1-9-3-2-6-14-11(9)8-16-20(18,19)10-4-5-12(17-13)15-7-10/h2-7,16H,8,13H2,1H3,(H,15,17). The zero-order valence-corrected chi connectivity index (χ0v) is 11.7. The second kappa shape index (κ2) is 5.95. The molecule has 0 unspecified atom stereocenters. The van der Waals surface area contributed by atoms with Gasteiger partial charge in [0.05, 0.1) is 12.2 Å². The topological polar surface area (TPSA) is 110 Å². The van der Waals surface area contributed by atoms with Gasteiger partial charge in [0.1, 0.15) is 10.7 Å². The normalized spacial score (nSPS) is 11.3. The maximum absolute atomic E-state index is 12.1. The van der Waals surface area contributed by atoms with Crippen LogP contribution in [0.2, 0.25) is 0 Å². The minimum Gasteiger partial charge on any atom is -0.308 e. The third kappa shape index (κ3) is 3.29. The smallest absolute Gasteiger partial charge is 0.242 e. The van der Waals surface area contributed by atoms with E-state index in [2.05, 4.69) is 20.1 Å². The highest BCUT2D eigenvalue weighted by Gasteiger charge is 2.14. The van der Waals surface area contributed by atoms with E-state index in [4.69, 9.17) is 5.84 Å². The first-order valence-corrected chi connectivity index (χ1v) is 7.34. The van der Waals surface area contributed by atoms with Gasteiger partial charge in [0, 0.05) is 12.4 Å². The number of hydrogen-bond acceptors (Lipinski definition) is 6. The van der Waals surface area contributed by atoms with Crippen LogP contribution in [0.15, 0.2) is 41.6 Å². The minimum absolute atomic E-state index is 0.0742. The van der Waals surface area contributed by atoms with E-state index in [-0.39, 0.29) is 11.4 Å². The van der Waals surface area contributed by atoms with Crippen molar-refractivity contribution in [2.24, 2.45) is 5.84 Å². The molecule has 0 atom stereocenters. The molecule has 0 aliphatic rings. The zero-order valence-electron chi connectivity index (χ0n) is 10.9. The summed E-state index contributed by atoms with van der Waals surface area (Å²) in [7, 11) is -3.62. The molecule has 0 saturated heterocycles. The van der Waals surface area contributed by atoms with Gasteiger partial charge in [-0.2, -0.15) is 0 Å². The number of nitrogens with zero attached hydrogens (tertiary/aromatic N) is 2. The summed E-state index contributed by atoms with van der Waals surface area (Å²) in [6, 6.07) is 6.59. The van der Waals surface area contributed by atoms with Gasteiger partial charge in [0.25, 0.3) is 0 Å². The lowest BCUT2D eigenvalue weighted by Gasteiger charge is -2.08. The van der Waals surface area contributed by atoms with Gasteiger partial charge in [-0.25, -0.2) is 24.0 Å². The van der Waals surface area contributed by atoms with Gasteiger partial charge in [-0.05, 0) is 30.7 Å². The van der Waals surface area contributed by atoms with Crippen LogP contribution >= 0.6 is 0 Å². The predicted molar refractivity (Wildman–Crippen MR) is 75.0 cm³/mol. The molecule has 106 valence electrons. The predicted octanol–water partition coefficient (Wildman–Crippen LogP) is 0.549. The lowest BCUT2D eigenvalue weighted by molar-refractivity contribution is 0.580. The van der Waals surface area contributed by atoms with Gasteiger partial charge in [-0.15, -0.1) is 0 Å². The summed E-state index contributed by atoms with van der Waals surface area (Å²) < 4.78 is 26.7. The van der Waals surface area contributed by atoms with Crippen molar-refractivity contribution in [1.29, 1.82) is 0 Å².